The molecule has 0 rings (SSSR count). The van der Waals surface area contributed by atoms with Gasteiger partial charge in [0.1, 0.15) is 13.2 Å². The molecule has 0 aliphatic heterocycles. The minimum atomic E-state index is -11.0. The highest BCUT2D eigenvalue weighted by Crippen LogP contribution is 2.76. The summed E-state index contributed by atoms with van der Waals surface area (Å²) < 4.78 is 1150. The molecule has 0 bridgehead atoms. The summed E-state index contributed by atoms with van der Waals surface area (Å²) in [5.41, 5.74) is 0. The lowest BCUT2D eigenvalue weighted by Crippen LogP contribution is -2.80. The van der Waals surface area contributed by atoms with E-state index in [1.165, 1.54) is 0 Å². The molecule has 0 radical (unpaired) electrons. The second-order valence-electron chi connectivity index (χ2n) is 26.4. The number of ether oxygens (including phenoxy) is 2. The second-order valence-corrected chi connectivity index (χ2v) is 26.4. The molecule has 0 aliphatic rings. The third kappa shape index (κ3) is 16.3. The van der Waals surface area contributed by atoms with Crippen LogP contribution >= 0.6 is 0 Å². The molecular weight excluding hydrogens is 2250 g/mol. The summed E-state index contributed by atoms with van der Waals surface area (Å²) in [6.07, 6.45) is -37.3. The molecule has 138 heavy (non-hydrogen) atoms. The minimum absolute atomic E-state index is 1.09. The van der Waals surface area contributed by atoms with Crippen molar-refractivity contribution >= 4 is 11.9 Å². The fourth-order valence-electron chi connectivity index (χ4n) is 8.68. The molecule has 0 aromatic rings. The number of halogens is 82. The summed E-state index contributed by atoms with van der Waals surface area (Å²) in [4.78, 5) is 23.4. The summed E-state index contributed by atoms with van der Waals surface area (Å²) in [6.45, 7) is -6.16. The van der Waals surface area contributed by atoms with Gasteiger partial charge in [-0.1, -0.05) is 0 Å². The van der Waals surface area contributed by atoms with Gasteiger partial charge in [0.15, 0.2) is 0 Å². The first-order valence-electron chi connectivity index (χ1n) is 30.2. The zero-order valence-corrected chi connectivity index (χ0v) is 59.7. The van der Waals surface area contributed by atoms with Crippen molar-refractivity contribution in [1.82, 2.24) is 0 Å². The number of carbonyl (C=O) groups excluding carboxylic acids is 2. The van der Waals surface area contributed by atoms with Gasteiger partial charge in [-0.3, -0.25) is 0 Å². The third-order valence-corrected chi connectivity index (χ3v) is 17.2. The molecule has 88 heteroatoms. The fourth-order valence-corrected chi connectivity index (χ4v) is 8.68. The summed E-state index contributed by atoms with van der Waals surface area (Å²) in [6, 6.07) is 0. The number of hydrogen-bond donors (Lipinski definition) is 2. The average molecular weight is 2270 g/mol. The molecule has 0 heterocycles. The summed E-state index contributed by atoms with van der Waals surface area (Å²) in [7, 11) is 0. The van der Waals surface area contributed by atoms with Gasteiger partial charge in [0.25, 0.3) is 0 Å². The lowest BCUT2D eigenvalue weighted by atomic mass is 9.81. The van der Waals surface area contributed by atoms with Crippen LogP contribution in [0, 0.1) is 0 Å². The summed E-state index contributed by atoms with van der Waals surface area (Å²) >= 11 is 0. The molecule has 0 aliphatic carbocycles. The highest BCUT2D eigenvalue weighted by atomic mass is 19.5. The molecule has 0 spiro atoms. The van der Waals surface area contributed by atoms with Crippen LogP contribution in [0.15, 0.2) is 12.2 Å². The summed E-state index contributed by atoms with van der Waals surface area (Å²) in [5, 5.41) is 18.7. The van der Waals surface area contributed by atoms with Gasteiger partial charge >= 0.3 is 249 Å². The van der Waals surface area contributed by atoms with Gasteiger partial charge in [-0.05, 0) is 0 Å². The summed E-state index contributed by atoms with van der Waals surface area (Å²) in [5.74, 6) is -398. The number of rotatable bonds is 46. The zero-order valence-electron chi connectivity index (χ0n) is 59.7. The standard InChI is InChI=1S/C50H14F82O6/c51-11(52,13(55,56)15(59,60)17(63,64)19(67,68)21(71,72)23(75,76)25(79,80)27(83,84)29(87,88)31(91,92)33(95,96)35(99,100)37(103,104)39(107,108)41(111,112)43(115,116)45(119,120)47(123,124)49(127,128)129)3-7(133)5-137-9(135)1-2-10(136)138-6-8(134)4-12(53,54)14(57,58)16(61,62)18(65,66)20(69,70)22(73,74)24(77,78)26(81,82)28(85,86)30(89,90)32(93,94)34(97,98)36(101,102)38(105,106)40(109,110)42(113,114)44(117,118)46(121,122)48(125,126)50(130,131)132/h1-2,7-8,133-134H,3-6H2/b2-1-. The largest absolute Gasteiger partial charge is 0.460 e. The molecule has 0 fully saturated rings. The predicted octanol–water partition coefficient (Wildman–Crippen LogP) is 25.4. The van der Waals surface area contributed by atoms with Crippen molar-refractivity contribution in [2.45, 2.75) is 262 Å². The highest BCUT2D eigenvalue weighted by molar-refractivity contribution is 5.91. The van der Waals surface area contributed by atoms with Crippen molar-refractivity contribution < 1.29 is 389 Å². The first-order chi connectivity index (χ1) is 58.3. The van der Waals surface area contributed by atoms with E-state index in [-0.39, 0.29) is 0 Å². The van der Waals surface area contributed by atoms with Crippen LogP contribution < -0.4 is 0 Å². The number of aliphatic hydroxyl groups excluding tert-OH is 2. The van der Waals surface area contributed by atoms with E-state index in [0.29, 0.717) is 0 Å². The van der Waals surface area contributed by atoms with E-state index in [9.17, 15) is 380 Å². The van der Waals surface area contributed by atoms with E-state index in [1.807, 2.05) is 0 Å². The van der Waals surface area contributed by atoms with Gasteiger partial charge in [-0.25, -0.2) is 9.59 Å². The fraction of sp³-hybridized carbons (Fsp3) is 0.920. The first-order valence-corrected chi connectivity index (χ1v) is 30.2. The monoisotopic (exact) mass is 2270 g/mol. The molecule has 0 saturated heterocycles. The molecule has 0 saturated carbocycles. The van der Waals surface area contributed by atoms with Gasteiger partial charge in [-0.2, -0.15) is 360 Å². The molecular formula is C50H14F82O6. The van der Waals surface area contributed by atoms with Gasteiger partial charge < -0.3 is 19.7 Å². The number of esters is 2. The highest BCUT2D eigenvalue weighted by Gasteiger charge is 3.07. The van der Waals surface area contributed by atoms with Crippen LogP contribution in [0.3, 0.4) is 0 Å². The number of aliphatic hydroxyl groups is 2. The lowest BCUT2D eigenvalue weighted by Gasteiger charge is -2.47. The van der Waals surface area contributed by atoms with Crippen LogP contribution in [0.1, 0.15) is 12.8 Å². The van der Waals surface area contributed by atoms with Gasteiger partial charge in [0, 0.05) is 25.0 Å². The van der Waals surface area contributed by atoms with Crippen LogP contribution in [-0.2, 0) is 19.1 Å². The Balaban J connectivity index is 7.28. The van der Waals surface area contributed by atoms with Crippen LogP contribution in [0.4, 0.5) is 360 Å². The van der Waals surface area contributed by atoms with Crippen molar-refractivity contribution in [3.05, 3.63) is 12.2 Å². The maximum absolute atomic E-state index is 14.5. The Morgan fingerprint density at radius 2 is 0.232 bits per heavy atom. The Kier molecular flexibility index (Phi) is 32.0. The first kappa shape index (κ1) is 131. The number of carbonyl (C=O) groups is 2. The average Bonchev–Trinajstić information content (AvgIpc) is 0.673. The Hall–Kier alpha value is -7.14. The molecule has 0 amide bonds. The van der Waals surface area contributed by atoms with Crippen LogP contribution in [-0.4, -0.2) is 285 Å². The van der Waals surface area contributed by atoms with Crippen molar-refractivity contribution in [2.75, 3.05) is 13.2 Å². The maximum Gasteiger partial charge on any atom is 0.460 e. The Bertz CT molecular complexity index is 4050. The van der Waals surface area contributed by atoms with Crippen molar-refractivity contribution in [3.8, 4) is 0 Å². The minimum Gasteiger partial charge on any atom is -0.460 e. The van der Waals surface area contributed by atoms with E-state index < -0.39 is 300 Å². The Labute approximate surface area is 690 Å². The zero-order chi connectivity index (χ0) is 114. The van der Waals surface area contributed by atoms with Gasteiger partial charge in [0.2, 0.25) is 0 Å². The van der Waals surface area contributed by atoms with E-state index in [4.69, 9.17) is 0 Å². The number of hydrogen-bond acceptors (Lipinski definition) is 6. The van der Waals surface area contributed by atoms with E-state index in [1.54, 1.807) is 0 Å². The van der Waals surface area contributed by atoms with Crippen LogP contribution in [0.2, 0.25) is 0 Å². The predicted molar refractivity (Wildman–Crippen MR) is 252 cm³/mol. The molecule has 2 unspecified atom stereocenters. The molecule has 0 aromatic heterocycles. The molecule has 824 valence electrons. The van der Waals surface area contributed by atoms with Gasteiger partial charge in [-0.15, -0.1) is 0 Å². The van der Waals surface area contributed by atoms with Crippen LogP contribution in [0.25, 0.3) is 0 Å². The molecule has 2 N–H and O–H groups in total. The normalized spacial score (nSPS) is 17.5. The smallest absolute Gasteiger partial charge is 0.460 e. The third-order valence-electron chi connectivity index (χ3n) is 17.2. The van der Waals surface area contributed by atoms with E-state index >= 15 is 0 Å². The Morgan fingerprint density at radius 3 is 0.319 bits per heavy atom. The Morgan fingerprint density at radius 1 is 0.152 bits per heavy atom. The molecule has 6 nitrogen and oxygen atoms in total. The SMILES string of the molecule is O=C(/C=C\C(=O)OCC(O)CC(F)(F)C(F)(F)C(F)(F)C(F)(F)C(F)(F)C(F)(F)C(F)(F)C(F)(F)C(F)(F)C(F)(F)C(F)(F)C(F)(F)C(F)(F)C(F)(F)C(F)(F)C(F)(F)C(F)(F)C(F)(F)C(F)(F)C(F)(F)F)OCC(O)CC(F)(F)C(F)(F)C(F)(F)C(F)(F)C(F)(F)C(F)(F)C(F)(F)C(F)(F)C(F)(F)C(F)(F)C(F)(F)C(F)(F)C(F)(F)C(F)(F)C(F)(F)C(F)(F)C(F)(F)C(F)(F)C(F)(F)C(F)(F)F. The van der Waals surface area contributed by atoms with E-state index in [0.717, 1.165) is 0 Å². The molecule has 2 atom stereocenters. The number of alkyl halides is 82. The molecule has 0 aromatic carbocycles. The van der Waals surface area contributed by atoms with Gasteiger partial charge in [0.05, 0.1) is 12.2 Å². The second kappa shape index (κ2) is 33.7. The van der Waals surface area contributed by atoms with Crippen LogP contribution in [0.5, 0.6) is 0 Å². The quantitative estimate of drug-likeness (QED) is 0.0358. The van der Waals surface area contributed by atoms with Crippen molar-refractivity contribution in [3.63, 3.8) is 0 Å². The maximum atomic E-state index is 14.5. The van der Waals surface area contributed by atoms with Crippen molar-refractivity contribution in [2.24, 2.45) is 0 Å². The van der Waals surface area contributed by atoms with Crippen molar-refractivity contribution in [1.29, 1.82) is 0 Å². The lowest BCUT2D eigenvalue weighted by molar-refractivity contribution is -0.495. The topological polar surface area (TPSA) is 93.1 Å². The van der Waals surface area contributed by atoms with E-state index in [2.05, 4.69) is 9.47 Å².